The van der Waals surface area contributed by atoms with Gasteiger partial charge in [0.25, 0.3) is 0 Å². The maximum absolute atomic E-state index is 11.8. The minimum absolute atomic E-state index is 0. The van der Waals surface area contributed by atoms with Gasteiger partial charge in [-0.3, -0.25) is 9.59 Å². The van der Waals surface area contributed by atoms with E-state index in [1.807, 2.05) is 34.6 Å². The number of rotatable bonds is 31. The molecule has 0 atom stereocenters. The van der Waals surface area contributed by atoms with E-state index in [-0.39, 0.29) is 68.2 Å². The van der Waals surface area contributed by atoms with Crippen molar-refractivity contribution in [3.05, 3.63) is 72.9 Å². The Labute approximate surface area is 365 Å². The van der Waals surface area contributed by atoms with Crippen LogP contribution in [0.15, 0.2) is 72.9 Å². The van der Waals surface area contributed by atoms with Gasteiger partial charge in [-0.05, 0) is 112 Å². The van der Waals surface area contributed by atoms with Gasteiger partial charge in [-0.2, -0.15) is 0 Å². The van der Waals surface area contributed by atoms with Gasteiger partial charge in [-0.15, -0.1) is 0 Å². The summed E-state index contributed by atoms with van der Waals surface area (Å²) in [4.78, 5) is 22.8. The third kappa shape index (κ3) is 41.7. The number of aliphatic carboxylic acids is 1. The van der Waals surface area contributed by atoms with Crippen LogP contribution >= 0.6 is 0 Å². The van der Waals surface area contributed by atoms with Crippen LogP contribution in [-0.2, 0) is 14.3 Å². The molecule has 0 spiro atoms. The van der Waals surface area contributed by atoms with Gasteiger partial charge in [0.05, 0.1) is 17.4 Å². The molecule has 5 nitrogen and oxygen atoms in total. The number of unbranched alkanes of at least 4 members (excludes halogenated alkanes) is 12. The van der Waals surface area contributed by atoms with Crippen LogP contribution in [-0.4, -0.2) is 29.1 Å². The van der Waals surface area contributed by atoms with E-state index in [2.05, 4.69) is 86.8 Å². The van der Waals surface area contributed by atoms with Crippen LogP contribution < -0.4 is 51.4 Å². The molecular weight excluding hydrogens is 672 g/mol. The number of allylic oxidation sites excluding steroid dienone is 12. The van der Waals surface area contributed by atoms with Gasteiger partial charge in [0.1, 0.15) is 0 Å². The van der Waals surface area contributed by atoms with Gasteiger partial charge >= 0.3 is 63.3 Å². The number of ether oxygens (including phenoxy) is 1. The molecule has 0 radical (unpaired) electrons. The smallest absolute Gasteiger partial charge is 0.870 e. The predicted octanol–water partition coefficient (Wildman–Crippen LogP) is 11.5. The van der Waals surface area contributed by atoms with Crippen molar-refractivity contribution in [1.29, 1.82) is 0 Å². The zero-order valence-electron chi connectivity index (χ0n) is 35.3. The average Bonchev–Trinajstić information content (AvgIpc) is 3.08. The van der Waals surface area contributed by atoms with Crippen LogP contribution in [0.3, 0.4) is 0 Å². The van der Waals surface area contributed by atoms with Crippen molar-refractivity contribution in [2.24, 2.45) is 10.8 Å². The molecule has 0 aliphatic carbocycles. The van der Waals surface area contributed by atoms with E-state index in [1.54, 1.807) is 0 Å². The van der Waals surface area contributed by atoms with Gasteiger partial charge < -0.3 is 15.3 Å². The van der Waals surface area contributed by atoms with Gasteiger partial charge in [-0.25, -0.2) is 0 Å². The first kappa shape index (κ1) is 57.7. The second-order valence-corrected chi connectivity index (χ2v) is 14.7. The Balaban J connectivity index is -0.000000428. The second-order valence-electron chi connectivity index (χ2n) is 14.7. The van der Waals surface area contributed by atoms with Crippen LogP contribution in [0.25, 0.3) is 0 Å². The van der Waals surface area contributed by atoms with E-state index < -0.39 is 11.4 Å². The summed E-state index contributed by atoms with van der Waals surface area (Å²) < 4.78 is 5.13. The Morgan fingerprint density at radius 3 is 1.13 bits per heavy atom. The molecule has 0 rings (SSSR count). The summed E-state index contributed by atoms with van der Waals surface area (Å²) in [5, 5.41) is 9.05. The Morgan fingerprint density at radius 1 is 0.481 bits per heavy atom. The molecule has 0 saturated carbocycles. The van der Waals surface area contributed by atoms with Crippen LogP contribution in [0.4, 0.5) is 0 Å². The normalized spacial score (nSPS) is 12.2. The topological polar surface area (TPSA) is 93.6 Å². The predicted molar refractivity (Wildman–Crippen MR) is 222 cm³/mol. The molecule has 0 heterocycles. The monoisotopic (exact) mass is 753 g/mol. The fourth-order valence-electron chi connectivity index (χ4n) is 5.26. The number of carboxylic acids is 1. The van der Waals surface area contributed by atoms with Gasteiger partial charge in [0, 0.05) is 0 Å². The van der Waals surface area contributed by atoms with Crippen molar-refractivity contribution in [3.8, 4) is 0 Å². The van der Waals surface area contributed by atoms with E-state index >= 15 is 0 Å². The molecule has 0 aliphatic heterocycles. The Morgan fingerprint density at radius 2 is 0.788 bits per heavy atom. The maximum atomic E-state index is 11.8. The van der Waals surface area contributed by atoms with E-state index in [0.29, 0.717) is 6.61 Å². The van der Waals surface area contributed by atoms with Crippen LogP contribution in [0, 0.1) is 10.8 Å². The van der Waals surface area contributed by atoms with Crippen LogP contribution in [0.1, 0.15) is 190 Å². The number of carbonyl (C=O) groups is 2. The number of hydrogen-bond acceptors (Lipinski definition) is 4. The summed E-state index contributed by atoms with van der Waals surface area (Å²) in [6.45, 7) is 14.3. The van der Waals surface area contributed by atoms with E-state index in [0.717, 1.165) is 70.6 Å². The van der Waals surface area contributed by atoms with E-state index in [1.165, 1.54) is 70.6 Å². The molecule has 52 heavy (non-hydrogen) atoms. The minimum Gasteiger partial charge on any atom is -0.870 e. The molecule has 0 bridgehead atoms. The molecule has 0 unspecified atom stereocenters. The molecule has 0 aromatic heterocycles. The number of hydrogen-bond donors (Lipinski definition) is 1. The Bertz CT molecular complexity index is 971. The van der Waals surface area contributed by atoms with Gasteiger partial charge in [0.2, 0.25) is 0 Å². The van der Waals surface area contributed by atoms with Gasteiger partial charge in [0.15, 0.2) is 0 Å². The first-order valence-corrected chi connectivity index (χ1v) is 20.4. The summed E-state index contributed by atoms with van der Waals surface area (Å²) in [6, 6.07) is 0. The first-order chi connectivity index (χ1) is 24.0. The molecule has 6 heteroatoms. The van der Waals surface area contributed by atoms with Crippen molar-refractivity contribution >= 4 is 11.9 Å². The fraction of sp³-hybridized carbons (Fsp3) is 0.696. The summed E-state index contributed by atoms with van der Waals surface area (Å²) in [5.41, 5.74) is -0.896. The first-order valence-electron chi connectivity index (χ1n) is 20.4. The van der Waals surface area contributed by atoms with Crippen molar-refractivity contribution in [1.82, 2.24) is 0 Å². The fourth-order valence-corrected chi connectivity index (χ4v) is 5.26. The third-order valence-electron chi connectivity index (χ3n) is 8.81. The van der Waals surface area contributed by atoms with Crippen molar-refractivity contribution in [2.45, 2.75) is 190 Å². The van der Waals surface area contributed by atoms with Crippen LogP contribution in [0.2, 0.25) is 0 Å². The zero-order chi connectivity index (χ0) is 37.6. The Hall–Kier alpha value is -1.02. The molecular formula is C46H81KO5. The quantitative estimate of drug-likeness (QED) is 0.0329. The third-order valence-corrected chi connectivity index (χ3v) is 8.81. The minimum atomic E-state index is -0.679. The molecule has 0 amide bonds. The van der Waals surface area contributed by atoms with Gasteiger partial charge in [-0.1, -0.05) is 151 Å². The van der Waals surface area contributed by atoms with E-state index in [9.17, 15) is 9.59 Å². The largest absolute Gasteiger partial charge is 1.00 e. The number of esters is 1. The molecule has 0 aromatic rings. The Kier molecular flexibility index (Phi) is 47.4. The summed E-state index contributed by atoms with van der Waals surface area (Å²) in [5.74, 6) is -0.736. The van der Waals surface area contributed by atoms with Crippen LogP contribution in [0.5, 0.6) is 0 Å². The molecule has 0 fully saturated rings. The molecule has 2 N–H and O–H groups in total. The SMILES string of the molecule is CC/C=C\C/C=C\C/C=C\CCCCCCCCC(C)(C)C(=O)O.CC/C=C\C/C=C\C/C=C\CCCCCCCCC(C)(C)C(=O)OCC.[K+].[OH-]. The molecule has 0 aromatic carbocycles. The van der Waals surface area contributed by atoms with Crippen molar-refractivity contribution in [3.63, 3.8) is 0 Å². The zero-order valence-corrected chi connectivity index (χ0v) is 38.4. The number of carboxylic acid groups (broad SMARTS) is 1. The van der Waals surface area contributed by atoms with Crippen molar-refractivity contribution in [2.75, 3.05) is 6.61 Å². The summed E-state index contributed by atoms with van der Waals surface area (Å²) in [7, 11) is 0. The molecule has 0 aliphatic rings. The number of carbonyl (C=O) groups excluding carboxylic acids is 1. The average molecular weight is 753 g/mol. The molecule has 0 saturated heterocycles. The second kappa shape index (κ2) is 42.7. The summed E-state index contributed by atoms with van der Waals surface area (Å²) >= 11 is 0. The standard InChI is InChI=1S/C24H42O2.C22H38O2.K.H2O/c1-5-7-8-9-10-11-12-13-14-15-16-17-18-19-20-21-22-24(3,4)23(25)26-6-2;1-4-5-6-7-8-9-10-11-12-13-14-15-16-17-18-19-20-22(2,3)21(23)24;;/h7-8,10-11,13-14H,5-6,9,12,15-22H2,1-4H3;5-6,8-9,11-12H,4,7,10,13-20H2,1-3H3,(H,23,24);;1H2/q;;+1;/p-1/b8-7-,11-10-,14-13-;6-5-,9-8-,12-11-;;. The summed E-state index contributed by atoms with van der Waals surface area (Å²) in [6.07, 6.45) is 52.2. The maximum Gasteiger partial charge on any atom is 1.00 e. The molecule has 296 valence electrons. The van der Waals surface area contributed by atoms with Crippen molar-refractivity contribution < 1.29 is 76.3 Å². The van der Waals surface area contributed by atoms with E-state index in [4.69, 9.17) is 9.84 Å².